The number of anilines is 2. The number of fused-ring (bicyclic) bond motifs is 2. The topological polar surface area (TPSA) is 6.48 Å². The summed E-state index contributed by atoms with van der Waals surface area (Å²) < 4.78 is 0. The maximum absolute atomic E-state index is 2.59. The number of allylic oxidation sites excluding steroid dienone is 2. The van der Waals surface area contributed by atoms with E-state index in [0.29, 0.717) is 18.0 Å². The van der Waals surface area contributed by atoms with E-state index in [0.717, 1.165) is 6.54 Å². The molecular weight excluding hydrogens is 268 g/mol. The van der Waals surface area contributed by atoms with Gasteiger partial charge in [0, 0.05) is 12.1 Å². The van der Waals surface area contributed by atoms with Gasteiger partial charge in [0.2, 0.25) is 0 Å². The monoisotopic (exact) mass is 296 g/mol. The molecule has 0 aromatic heterocycles. The maximum atomic E-state index is 2.59. The molecule has 2 atom stereocenters. The number of hydrogen-bond acceptors (Lipinski definition) is 2. The van der Waals surface area contributed by atoms with E-state index in [9.17, 15) is 0 Å². The molecule has 0 spiro atoms. The van der Waals surface area contributed by atoms with Crippen LogP contribution in [0.25, 0.3) is 0 Å². The smallest absolute Gasteiger partial charge is 0.0722 e. The lowest BCUT2D eigenvalue weighted by Gasteiger charge is -2.54. The Morgan fingerprint density at radius 3 is 2.14 bits per heavy atom. The third kappa shape index (κ3) is 2.55. The zero-order valence-electron chi connectivity index (χ0n) is 14.5. The van der Waals surface area contributed by atoms with E-state index in [1.807, 2.05) is 0 Å². The first kappa shape index (κ1) is 15.2. The lowest BCUT2D eigenvalue weighted by atomic mass is 9.89. The highest BCUT2D eigenvalue weighted by molar-refractivity contribution is 5.77. The fourth-order valence-electron chi connectivity index (χ4n) is 3.76. The van der Waals surface area contributed by atoms with Crippen LogP contribution in [0.2, 0.25) is 0 Å². The van der Waals surface area contributed by atoms with Crippen LogP contribution in [-0.4, -0.2) is 24.2 Å². The average molecular weight is 296 g/mol. The van der Waals surface area contributed by atoms with Crippen LogP contribution in [0.15, 0.2) is 48.6 Å². The first-order valence-electron chi connectivity index (χ1n) is 8.39. The van der Waals surface area contributed by atoms with E-state index in [-0.39, 0.29) is 5.54 Å². The molecule has 0 amide bonds. The second-order valence-electron chi connectivity index (χ2n) is 7.83. The van der Waals surface area contributed by atoms with Crippen LogP contribution < -0.4 is 9.80 Å². The molecule has 2 nitrogen and oxygen atoms in total. The van der Waals surface area contributed by atoms with Gasteiger partial charge in [0.25, 0.3) is 0 Å². The molecule has 118 valence electrons. The lowest BCUT2D eigenvalue weighted by Crippen LogP contribution is -2.61. The number of nitrogens with zero attached hydrogens (tertiary/aromatic N) is 2. The third-order valence-corrected chi connectivity index (χ3v) is 4.47. The standard InChI is InChI=1S/C20H28N2/c1-15(2)14-21-16-10-6-8-12-18(16)22(20(3,4)5)19-13-9-7-11-17(19)21/h6-13,15-16,18H,14H2,1-5H3. The van der Waals surface area contributed by atoms with Gasteiger partial charge >= 0.3 is 0 Å². The van der Waals surface area contributed by atoms with Gasteiger partial charge in [-0.3, -0.25) is 0 Å². The summed E-state index contributed by atoms with van der Waals surface area (Å²) in [7, 11) is 0. The van der Waals surface area contributed by atoms with Gasteiger partial charge in [0.15, 0.2) is 0 Å². The van der Waals surface area contributed by atoms with Crippen molar-refractivity contribution in [3.05, 3.63) is 48.6 Å². The number of rotatable bonds is 2. The molecule has 2 unspecified atom stereocenters. The summed E-state index contributed by atoms with van der Waals surface area (Å²) in [5.74, 6) is 0.647. The molecule has 0 fully saturated rings. The minimum absolute atomic E-state index is 0.0957. The van der Waals surface area contributed by atoms with Crippen LogP contribution in [0.3, 0.4) is 0 Å². The Morgan fingerprint density at radius 1 is 0.955 bits per heavy atom. The van der Waals surface area contributed by atoms with Crippen LogP contribution in [0.4, 0.5) is 11.4 Å². The van der Waals surface area contributed by atoms with Crippen LogP contribution in [0.1, 0.15) is 34.6 Å². The first-order valence-corrected chi connectivity index (χ1v) is 8.39. The summed E-state index contributed by atoms with van der Waals surface area (Å²) in [5.41, 5.74) is 2.82. The molecule has 3 rings (SSSR count). The largest absolute Gasteiger partial charge is 0.361 e. The average Bonchev–Trinajstić information content (AvgIpc) is 2.45. The molecule has 1 aliphatic carbocycles. The second-order valence-corrected chi connectivity index (χ2v) is 7.83. The minimum atomic E-state index is 0.0957. The second kappa shape index (κ2) is 5.49. The van der Waals surface area contributed by atoms with Gasteiger partial charge in [-0.2, -0.15) is 0 Å². The van der Waals surface area contributed by atoms with Crippen molar-refractivity contribution < 1.29 is 0 Å². The van der Waals surface area contributed by atoms with Crippen molar-refractivity contribution >= 4 is 11.4 Å². The van der Waals surface area contributed by atoms with E-state index in [1.54, 1.807) is 0 Å². The van der Waals surface area contributed by atoms with Crippen LogP contribution in [0, 0.1) is 5.92 Å². The number of para-hydroxylation sites is 2. The summed E-state index contributed by atoms with van der Waals surface area (Å²) in [6, 6.07) is 9.69. The van der Waals surface area contributed by atoms with Gasteiger partial charge in [-0.05, 0) is 38.8 Å². The van der Waals surface area contributed by atoms with Crippen molar-refractivity contribution in [3.8, 4) is 0 Å². The summed E-state index contributed by atoms with van der Waals surface area (Å²) in [5, 5.41) is 0. The fourth-order valence-corrected chi connectivity index (χ4v) is 3.76. The highest BCUT2D eigenvalue weighted by atomic mass is 15.3. The van der Waals surface area contributed by atoms with E-state index < -0.39 is 0 Å². The van der Waals surface area contributed by atoms with E-state index in [1.165, 1.54) is 11.4 Å². The Bertz CT molecular complexity index is 592. The van der Waals surface area contributed by atoms with Crippen molar-refractivity contribution in [2.75, 3.05) is 16.3 Å². The molecule has 1 aromatic rings. The summed E-state index contributed by atoms with van der Waals surface area (Å²) in [6.45, 7) is 12.6. The van der Waals surface area contributed by atoms with E-state index >= 15 is 0 Å². The molecule has 0 saturated heterocycles. The molecule has 1 aromatic carbocycles. The normalized spacial score (nSPS) is 23.7. The summed E-state index contributed by atoms with van der Waals surface area (Å²) in [6.07, 6.45) is 9.12. The molecule has 2 aliphatic rings. The fraction of sp³-hybridized carbons (Fsp3) is 0.500. The van der Waals surface area contributed by atoms with Crippen molar-refractivity contribution in [2.24, 2.45) is 5.92 Å². The number of hydrogen-bond donors (Lipinski definition) is 0. The van der Waals surface area contributed by atoms with Crippen molar-refractivity contribution in [1.29, 1.82) is 0 Å². The molecule has 0 saturated carbocycles. The van der Waals surface area contributed by atoms with Crippen molar-refractivity contribution in [3.63, 3.8) is 0 Å². The van der Waals surface area contributed by atoms with E-state index in [4.69, 9.17) is 0 Å². The van der Waals surface area contributed by atoms with Crippen molar-refractivity contribution in [2.45, 2.75) is 52.2 Å². The van der Waals surface area contributed by atoms with Gasteiger partial charge < -0.3 is 9.80 Å². The van der Waals surface area contributed by atoms with Gasteiger partial charge in [-0.1, -0.05) is 50.3 Å². The van der Waals surface area contributed by atoms with Crippen LogP contribution in [-0.2, 0) is 0 Å². The van der Waals surface area contributed by atoms with Crippen molar-refractivity contribution in [1.82, 2.24) is 0 Å². The Labute approximate surface area is 135 Å². The molecule has 0 radical (unpaired) electrons. The lowest BCUT2D eigenvalue weighted by molar-refractivity contribution is 0.418. The predicted molar refractivity (Wildman–Crippen MR) is 96.7 cm³/mol. The van der Waals surface area contributed by atoms with Crippen LogP contribution in [0.5, 0.6) is 0 Å². The third-order valence-electron chi connectivity index (χ3n) is 4.47. The molecule has 22 heavy (non-hydrogen) atoms. The molecule has 1 heterocycles. The highest BCUT2D eigenvalue weighted by Gasteiger charge is 2.41. The SMILES string of the molecule is CC(C)CN1c2ccccc2N(C(C)(C)C)C2C=CC=CC21. The molecule has 1 aliphatic heterocycles. The molecule has 2 heteroatoms. The molecular formula is C20H28N2. The highest BCUT2D eigenvalue weighted by Crippen LogP contribution is 2.43. The maximum Gasteiger partial charge on any atom is 0.0722 e. The van der Waals surface area contributed by atoms with Gasteiger partial charge in [0.05, 0.1) is 23.5 Å². The summed E-state index contributed by atoms with van der Waals surface area (Å²) >= 11 is 0. The quantitative estimate of drug-likeness (QED) is 0.785. The zero-order chi connectivity index (χ0) is 15.9. The zero-order valence-corrected chi connectivity index (χ0v) is 14.5. The minimum Gasteiger partial charge on any atom is -0.361 e. The number of benzene rings is 1. The van der Waals surface area contributed by atoms with Gasteiger partial charge in [-0.15, -0.1) is 0 Å². The molecule has 0 N–H and O–H groups in total. The van der Waals surface area contributed by atoms with Gasteiger partial charge in [-0.25, -0.2) is 0 Å². The Morgan fingerprint density at radius 2 is 1.55 bits per heavy atom. The first-order chi connectivity index (χ1) is 10.4. The predicted octanol–water partition coefficient (Wildman–Crippen LogP) is 4.63. The Hall–Kier alpha value is -1.70. The van der Waals surface area contributed by atoms with Gasteiger partial charge in [0.1, 0.15) is 0 Å². The molecule has 0 bridgehead atoms. The van der Waals surface area contributed by atoms with E-state index in [2.05, 4.69) is 93.0 Å². The Kier molecular flexibility index (Phi) is 3.80. The summed E-state index contributed by atoms with van der Waals surface area (Å²) in [4.78, 5) is 5.18. The Balaban J connectivity index is 2.15. The van der Waals surface area contributed by atoms with Crippen LogP contribution >= 0.6 is 0 Å².